The van der Waals surface area contributed by atoms with Crippen molar-refractivity contribution < 1.29 is 4.74 Å². The van der Waals surface area contributed by atoms with Crippen molar-refractivity contribution in [2.24, 2.45) is 0 Å². The second-order valence-corrected chi connectivity index (χ2v) is 8.51. The van der Waals surface area contributed by atoms with Crippen LogP contribution in [0.3, 0.4) is 0 Å². The summed E-state index contributed by atoms with van der Waals surface area (Å²) in [6, 6.07) is 14.7. The van der Waals surface area contributed by atoms with Crippen molar-refractivity contribution in [2.45, 2.75) is 62.5 Å². The van der Waals surface area contributed by atoms with Gasteiger partial charge in [0, 0.05) is 35.7 Å². The molecule has 0 aliphatic carbocycles. The van der Waals surface area contributed by atoms with E-state index in [0.29, 0.717) is 11.8 Å². The number of thiol groups is 1. The van der Waals surface area contributed by atoms with E-state index in [2.05, 4.69) is 73.6 Å². The topological polar surface area (TPSA) is 25.4 Å². The molecule has 26 heavy (non-hydrogen) atoms. The van der Waals surface area contributed by atoms with Crippen molar-refractivity contribution in [3.63, 3.8) is 0 Å². The molecule has 1 saturated heterocycles. The number of benzene rings is 1. The highest BCUT2D eigenvalue weighted by molar-refractivity contribution is 7.80. The van der Waals surface area contributed by atoms with Gasteiger partial charge in [0.15, 0.2) is 0 Å². The van der Waals surface area contributed by atoms with Gasteiger partial charge >= 0.3 is 0 Å². The SMILES string of the molecule is CC(CC(C)(C)N1CCCC(c2ccccc2)C1)Oc1ccc(S)cn1. The fourth-order valence-corrected chi connectivity index (χ4v) is 4.18. The monoisotopic (exact) mass is 370 g/mol. The van der Waals surface area contributed by atoms with Crippen LogP contribution in [-0.4, -0.2) is 34.6 Å². The number of likely N-dealkylation sites (tertiary alicyclic amines) is 1. The summed E-state index contributed by atoms with van der Waals surface area (Å²) in [6.45, 7) is 9.09. The van der Waals surface area contributed by atoms with Crippen molar-refractivity contribution in [3.8, 4) is 5.88 Å². The average molecular weight is 371 g/mol. The van der Waals surface area contributed by atoms with Crippen LogP contribution in [0.15, 0.2) is 53.6 Å². The number of piperidine rings is 1. The number of rotatable bonds is 6. The van der Waals surface area contributed by atoms with Gasteiger partial charge in [-0.25, -0.2) is 4.98 Å². The zero-order valence-corrected chi connectivity index (χ0v) is 17.0. The van der Waals surface area contributed by atoms with Gasteiger partial charge in [-0.15, -0.1) is 12.6 Å². The molecular formula is C22H30N2OS. The van der Waals surface area contributed by atoms with E-state index >= 15 is 0 Å². The molecule has 4 heteroatoms. The van der Waals surface area contributed by atoms with Gasteiger partial charge in [0.1, 0.15) is 0 Å². The first-order chi connectivity index (χ1) is 12.4. The zero-order valence-electron chi connectivity index (χ0n) is 16.1. The van der Waals surface area contributed by atoms with Gasteiger partial charge in [-0.2, -0.15) is 0 Å². The predicted octanol–water partition coefficient (Wildman–Crippen LogP) is 5.19. The van der Waals surface area contributed by atoms with E-state index in [-0.39, 0.29) is 11.6 Å². The molecule has 0 radical (unpaired) electrons. The summed E-state index contributed by atoms with van der Waals surface area (Å²) in [5, 5.41) is 0. The van der Waals surface area contributed by atoms with Crippen LogP contribution in [0.4, 0.5) is 0 Å². The molecule has 0 saturated carbocycles. The third kappa shape index (κ3) is 5.01. The summed E-state index contributed by atoms with van der Waals surface area (Å²) in [6.07, 6.45) is 5.34. The quantitative estimate of drug-likeness (QED) is 0.709. The summed E-state index contributed by atoms with van der Waals surface area (Å²) >= 11 is 4.27. The van der Waals surface area contributed by atoms with E-state index in [1.54, 1.807) is 6.20 Å². The summed E-state index contributed by atoms with van der Waals surface area (Å²) in [5.41, 5.74) is 1.56. The first kappa shape index (κ1) is 19.2. The summed E-state index contributed by atoms with van der Waals surface area (Å²) in [5.74, 6) is 1.30. The van der Waals surface area contributed by atoms with E-state index in [1.807, 2.05) is 12.1 Å². The lowest BCUT2D eigenvalue weighted by molar-refractivity contribution is 0.0451. The third-order valence-electron chi connectivity index (χ3n) is 5.38. The first-order valence-electron chi connectivity index (χ1n) is 9.56. The Morgan fingerprint density at radius 2 is 2.00 bits per heavy atom. The van der Waals surface area contributed by atoms with Gasteiger partial charge in [-0.05, 0) is 57.7 Å². The molecule has 0 bridgehead atoms. The molecule has 1 aromatic heterocycles. The molecule has 2 heterocycles. The van der Waals surface area contributed by atoms with Gasteiger partial charge in [0.25, 0.3) is 0 Å². The molecule has 1 aliphatic heterocycles. The fraction of sp³-hybridized carbons (Fsp3) is 0.500. The Balaban J connectivity index is 1.60. The maximum atomic E-state index is 6.04. The van der Waals surface area contributed by atoms with Crippen LogP contribution in [0.1, 0.15) is 51.5 Å². The number of aromatic nitrogens is 1. The van der Waals surface area contributed by atoms with Crippen LogP contribution in [0.2, 0.25) is 0 Å². The molecule has 140 valence electrons. The van der Waals surface area contributed by atoms with Crippen LogP contribution in [0.5, 0.6) is 5.88 Å². The summed E-state index contributed by atoms with van der Waals surface area (Å²) in [7, 11) is 0. The Labute approximate surface area is 163 Å². The van der Waals surface area contributed by atoms with Crippen molar-refractivity contribution in [1.82, 2.24) is 9.88 Å². The minimum atomic E-state index is 0.0936. The molecular weight excluding hydrogens is 340 g/mol. The summed E-state index contributed by atoms with van der Waals surface area (Å²) < 4.78 is 6.04. The number of pyridine rings is 1. The highest BCUT2D eigenvalue weighted by Crippen LogP contribution is 2.33. The van der Waals surface area contributed by atoms with E-state index in [0.717, 1.165) is 24.4 Å². The van der Waals surface area contributed by atoms with Crippen LogP contribution < -0.4 is 4.74 Å². The van der Waals surface area contributed by atoms with Gasteiger partial charge in [0.05, 0.1) is 6.10 Å². The molecule has 1 aliphatic rings. The van der Waals surface area contributed by atoms with Crippen LogP contribution in [-0.2, 0) is 0 Å². The molecule has 2 unspecified atom stereocenters. The van der Waals surface area contributed by atoms with E-state index < -0.39 is 0 Å². The molecule has 0 spiro atoms. The normalized spacial score (nSPS) is 19.9. The number of nitrogens with zero attached hydrogens (tertiary/aromatic N) is 2. The summed E-state index contributed by atoms with van der Waals surface area (Å²) in [4.78, 5) is 7.79. The van der Waals surface area contributed by atoms with E-state index in [4.69, 9.17) is 4.74 Å². The lowest BCUT2D eigenvalue weighted by Crippen LogP contribution is -2.50. The van der Waals surface area contributed by atoms with Gasteiger partial charge in [-0.1, -0.05) is 30.3 Å². The van der Waals surface area contributed by atoms with Gasteiger partial charge in [0.2, 0.25) is 5.88 Å². The average Bonchev–Trinajstić information content (AvgIpc) is 2.64. The molecule has 2 atom stereocenters. The first-order valence-corrected chi connectivity index (χ1v) is 10.0. The highest BCUT2D eigenvalue weighted by Gasteiger charge is 2.33. The Morgan fingerprint density at radius 1 is 1.23 bits per heavy atom. The number of hydrogen-bond donors (Lipinski definition) is 1. The molecule has 0 amide bonds. The highest BCUT2D eigenvalue weighted by atomic mass is 32.1. The number of hydrogen-bond acceptors (Lipinski definition) is 4. The molecule has 0 N–H and O–H groups in total. The smallest absolute Gasteiger partial charge is 0.213 e. The van der Waals surface area contributed by atoms with Crippen molar-refractivity contribution in [1.29, 1.82) is 0 Å². The lowest BCUT2D eigenvalue weighted by atomic mass is 9.86. The fourth-order valence-electron chi connectivity index (χ4n) is 4.05. The lowest BCUT2D eigenvalue weighted by Gasteiger charge is -2.44. The van der Waals surface area contributed by atoms with Crippen molar-refractivity contribution in [3.05, 3.63) is 54.2 Å². The second-order valence-electron chi connectivity index (χ2n) is 8.00. The third-order valence-corrected chi connectivity index (χ3v) is 5.64. The largest absolute Gasteiger partial charge is 0.475 e. The molecule has 1 aromatic carbocycles. The minimum absolute atomic E-state index is 0.0936. The van der Waals surface area contributed by atoms with Crippen molar-refractivity contribution in [2.75, 3.05) is 13.1 Å². The maximum absolute atomic E-state index is 6.04. The van der Waals surface area contributed by atoms with E-state index in [9.17, 15) is 0 Å². The minimum Gasteiger partial charge on any atom is -0.475 e. The zero-order chi connectivity index (χ0) is 18.6. The van der Waals surface area contributed by atoms with Crippen LogP contribution in [0.25, 0.3) is 0 Å². The van der Waals surface area contributed by atoms with Crippen LogP contribution >= 0.6 is 12.6 Å². The van der Waals surface area contributed by atoms with E-state index in [1.165, 1.54) is 18.4 Å². The standard InChI is InChI=1S/C22H30N2OS/c1-17(25-21-12-11-20(26)15-23-21)14-22(2,3)24-13-7-10-19(16-24)18-8-5-4-6-9-18/h4-6,8-9,11-12,15,17,19,26H,7,10,13-14,16H2,1-3H3. The Bertz CT molecular complexity index is 687. The molecule has 3 rings (SSSR count). The molecule has 1 fully saturated rings. The van der Waals surface area contributed by atoms with Crippen molar-refractivity contribution >= 4 is 12.6 Å². The Morgan fingerprint density at radius 3 is 2.69 bits per heavy atom. The Hall–Kier alpha value is -1.52. The number of ether oxygens (including phenoxy) is 1. The second kappa shape index (κ2) is 8.45. The predicted molar refractivity (Wildman–Crippen MR) is 110 cm³/mol. The van der Waals surface area contributed by atoms with Crippen LogP contribution in [0, 0.1) is 0 Å². The molecule has 2 aromatic rings. The maximum Gasteiger partial charge on any atom is 0.213 e. The van der Waals surface area contributed by atoms with Gasteiger partial charge < -0.3 is 4.74 Å². The van der Waals surface area contributed by atoms with Gasteiger partial charge in [-0.3, -0.25) is 4.90 Å². The Kier molecular flexibility index (Phi) is 6.25. The molecule has 3 nitrogen and oxygen atoms in total.